The summed E-state index contributed by atoms with van der Waals surface area (Å²) in [5.74, 6) is 2.28. The quantitative estimate of drug-likeness (QED) is 0.286. The summed E-state index contributed by atoms with van der Waals surface area (Å²) < 4.78 is 24.4. The van der Waals surface area contributed by atoms with E-state index in [-0.39, 0.29) is 6.10 Å². The molecule has 0 saturated carbocycles. The first kappa shape index (κ1) is 28.2. The Morgan fingerprint density at radius 2 is 1.88 bits per heavy atom. The van der Waals surface area contributed by atoms with Gasteiger partial charge < -0.3 is 34.5 Å². The predicted molar refractivity (Wildman–Crippen MR) is 161 cm³/mol. The molecule has 2 N–H and O–H groups in total. The monoisotopic (exact) mass is 591 g/mol. The Bertz CT molecular complexity index is 1510. The predicted octanol–water partition coefficient (Wildman–Crippen LogP) is 4.64. The zero-order valence-electron chi connectivity index (χ0n) is 23.7. The highest BCUT2D eigenvalue weighted by atomic mass is 35.5. The first-order chi connectivity index (χ1) is 20.6. The van der Waals surface area contributed by atoms with Crippen LogP contribution in [0.15, 0.2) is 55.0 Å². The minimum atomic E-state index is 0.130. The Morgan fingerprint density at radius 3 is 2.62 bits per heavy atom. The van der Waals surface area contributed by atoms with Crippen LogP contribution in [0.5, 0.6) is 11.5 Å². The van der Waals surface area contributed by atoms with Gasteiger partial charge in [0.2, 0.25) is 5.95 Å². The molecule has 2 aromatic heterocycles. The lowest BCUT2D eigenvalue weighted by atomic mass is 10.0. The van der Waals surface area contributed by atoms with Crippen molar-refractivity contribution in [1.29, 1.82) is 0 Å². The zero-order chi connectivity index (χ0) is 28.9. The number of benzene rings is 2. The van der Waals surface area contributed by atoms with Crippen molar-refractivity contribution in [1.82, 2.24) is 24.6 Å². The number of ether oxygens (including phenoxy) is 4. The number of halogens is 1. The number of hydrogen-bond donors (Lipinski definition) is 2. The molecule has 11 nitrogen and oxygen atoms in total. The number of rotatable bonds is 9. The highest BCUT2D eigenvalue weighted by Crippen LogP contribution is 2.34. The first-order valence-electron chi connectivity index (χ1n) is 14.0. The molecule has 2 aromatic carbocycles. The van der Waals surface area contributed by atoms with Crippen molar-refractivity contribution >= 4 is 34.7 Å². The van der Waals surface area contributed by atoms with Gasteiger partial charge in [-0.1, -0.05) is 11.6 Å². The van der Waals surface area contributed by atoms with Crippen molar-refractivity contribution in [3.63, 3.8) is 0 Å². The second kappa shape index (κ2) is 13.0. The molecular formula is C30H34ClN7O4. The molecule has 2 aliphatic rings. The van der Waals surface area contributed by atoms with Gasteiger partial charge in [-0.25, -0.2) is 9.67 Å². The van der Waals surface area contributed by atoms with Gasteiger partial charge in [-0.3, -0.25) is 0 Å². The summed E-state index contributed by atoms with van der Waals surface area (Å²) in [6.07, 6.45) is 7.13. The summed E-state index contributed by atoms with van der Waals surface area (Å²) in [5.41, 5.74) is 4.89. The molecule has 0 amide bonds. The van der Waals surface area contributed by atoms with E-state index in [1.54, 1.807) is 31.3 Å². The van der Waals surface area contributed by atoms with Crippen LogP contribution in [0.25, 0.3) is 5.69 Å². The van der Waals surface area contributed by atoms with Crippen molar-refractivity contribution in [2.24, 2.45) is 0 Å². The second-order valence-corrected chi connectivity index (χ2v) is 10.6. The Labute approximate surface area is 249 Å². The van der Waals surface area contributed by atoms with Crippen molar-refractivity contribution < 1.29 is 18.9 Å². The molecule has 1 fully saturated rings. The zero-order valence-corrected chi connectivity index (χ0v) is 24.4. The molecular weight excluding hydrogens is 558 g/mol. The van der Waals surface area contributed by atoms with E-state index in [1.807, 2.05) is 30.5 Å². The fourth-order valence-electron chi connectivity index (χ4n) is 5.29. The van der Waals surface area contributed by atoms with E-state index in [4.69, 9.17) is 35.5 Å². The van der Waals surface area contributed by atoms with E-state index in [1.165, 1.54) is 11.1 Å². The van der Waals surface area contributed by atoms with E-state index in [9.17, 15) is 0 Å². The highest BCUT2D eigenvalue weighted by Gasteiger charge is 2.22. The number of nitrogens with one attached hydrogen (secondary N) is 2. The van der Waals surface area contributed by atoms with Crippen LogP contribution in [-0.4, -0.2) is 84.4 Å². The molecule has 6 rings (SSSR count). The lowest BCUT2D eigenvalue weighted by Crippen LogP contribution is -2.41. The van der Waals surface area contributed by atoms with E-state index in [0.29, 0.717) is 42.4 Å². The normalized spacial score (nSPS) is 17.3. The van der Waals surface area contributed by atoms with Crippen LogP contribution in [0.2, 0.25) is 5.02 Å². The van der Waals surface area contributed by atoms with Gasteiger partial charge in [0.05, 0.1) is 63.4 Å². The maximum absolute atomic E-state index is 6.53. The van der Waals surface area contributed by atoms with Gasteiger partial charge in [0.25, 0.3) is 0 Å². The van der Waals surface area contributed by atoms with Crippen LogP contribution in [0.4, 0.5) is 23.1 Å². The lowest BCUT2D eigenvalue weighted by molar-refractivity contribution is -0.0972. The summed E-state index contributed by atoms with van der Waals surface area (Å²) in [7, 11) is 3.30. The van der Waals surface area contributed by atoms with E-state index in [0.717, 1.165) is 55.3 Å². The lowest BCUT2D eigenvalue weighted by Gasteiger charge is -2.28. The van der Waals surface area contributed by atoms with Gasteiger partial charge in [0.15, 0.2) is 5.82 Å². The third kappa shape index (κ3) is 6.44. The smallest absolute Gasteiger partial charge is 0.229 e. The molecule has 12 heteroatoms. The molecule has 1 unspecified atom stereocenters. The molecule has 0 spiro atoms. The molecule has 4 heterocycles. The number of methoxy groups -OCH3 is 2. The molecule has 220 valence electrons. The van der Waals surface area contributed by atoms with Crippen molar-refractivity contribution in [3.8, 4) is 17.2 Å². The average molecular weight is 592 g/mol. The fourth-order valence-corrected chi connectivity index (χ4v) is 5.43. The third-order valence-corrected chi connectivity index (χ3v) is 7.74. The summed E-state index contributed by atoms with van der Waals surface area (Å²) in [6.45, 7) is 4.79. The Hall–Kier alpha value is -3.90. The van der Waals surface area contributed by atoms with Crippen LogP contribution in [0.3, 0.4) is 0 Å². The van der Waals surface area contributed by atoms with Crippen molar-refractivity contribution in [3.05, 3.63) is 71.1 Å². The van der Waals surface area contributed by atoms with Gasteiger partial charge in [0, 0.05) is 38.1 Å². The van der Waals surface area contributed by atoms with Crippen LogP contribution < -0.4 is 20.1 Å². The summed E-state index contributed by atoms with van der Waals surface area (Å²) in [4.78, 5) is 11.6. The fraction of sp³-hybridized carbons (Fsp3) is 0.367. The molecule has 0 radical (unpaired) electrons. The van der Waals surface area contributed by atoms with Crippen molar-refractivity contribution in [2.75, 3.05) is 64.3 Å². The largest absolute Gasteiger partial charge is 0.497 e. The van der Waals surface area contributed by atoms with Gasteiger partial charge in [-0.05, 0) is 54.3 Å². The molecule has 1 saturated heterocycles. The average Bonchev–Trinajstić information content (AvgIpc) is 3.49. The van der Waals surface area contributed by atoms with E-state index < -0.39 is 0 Å². The van der Waals surface area contributed by atoms with Gasteiger partial charge >= 0.3 is 0 Å². The number of anilines is 4. The first-order valence-corrected chi connectivity index (χ1v) is 14.3. The summed E-state index contributed by atoms with van der Waals surface area (Å²) in [5, 5.41) is 11.4. The molecule has 2 aliphatic heterocycles. The van der Waals surface area contributed by atoms with Crippen LogP contribution in [0, 0.1) is 0 Å². The molecule has 0 bridgehead atoms. The number of aromatic nitrogens is 4. The van der Waals surface area contributed by atoms with E-state index in [2.05, 4.69) is 37.7 Å². The minimum absolute atomic E-state index is 0.130. The standard InChI is InChI=1S/C30H34ClN7O4/c1-39-22-4-5-25(27(16-22)38-9-3-8-33-38)34-29-24(31)17-32-30(36-29)35-26-14-20-6-10-37(18-23-19-41-12-13-42-23)11-7-21(20)15-28(26)40-2/h3-5,8-9,14-17,23H,6-7,10-13,18-19H2,1-2H3,(H2,32,34,35,36). The molecule has 0 aliphatic carbocycles. The number of fused-ring (bicyclic) bond motifs is 1. The molecule has 4 aromatic rings. The molecule has 1 atom stereocenters. The Balaban J connectivity index is 1.21. The molecule has 42 heavy (non-hydrogen) atoms. The van der Waals surface area contributed by atoms with Crippen molar-refractivity contribution in [2.45, 2.75) is 18.9 Å². The number of nitrogens with zero attached hydrogens (tertiary/aromatic N) is 5. The highest BCUT2D eigenvalue weighted by molar-refractivity contribution is 6.33. The Kier molecular flexibility index (Phi) is 8.71. The summed E-state index contributed by atoms with van der Waals surface area (Å²) in [6, 6.07) is 11.8. The number of hydrogen-bond acceptors (Lipinski definition) is 10. The minimum Gasteiger partial charge on any atom is -0.497 e. The van der Waals surface area contributed by atoms with Crippen LogP contribution in [-0.2, 0) is 22.3 Å². The summed E-state index contributed by atoms with van der Waals surface area (Å²) >= 11 is 6.53. The van der Waals surface area contributed by atoms with Crippen LogP contribution in [0.1, 0.15) is 11.1 Å². The SMILES string of the molecule is COc1ccc(Nc2nc(Nc3cc4c(cc3OC)CCN(CC3COCCO3)CC4)ncc2Cl)c(-n2cccn2)c1. The maximum Gasteiger partial charge on any atom is 0.229 e. The van der Waals surface area contributed by atoms with Crippen LogP contribution >= 0.6 is 11.6 Å². The van der Waals surface area contributed by atoms with E-state index >= 15 is 0 Å². The Morgan fingerprint density at radius 1 is 1.02 bits per heavy atom. The van der Waals surface area contributed by atoms with Gasteiger partial charge in [-0.2, -0.15) is 10.1 Å². The van der Waals surface area contributed by atoms with Gasteiger partial charge in [-0.15, -0.1) is 0 Å². The second-order valence-electron chi connectivity index (χ2n) is 10.2. The van der Waals surface area contributed by atoms with Gasteiger partial charge in [0.1, 0.15) is 16.5 Å². The topological polar surface area (TPSA) is 108 Å². The maximum atomic E-state index is 6.53. The third-order valence-electron chi connectivity index (χ3n) is 7.46.